The van der Waals surface area contributed by atoms with Gasteiger partial charge in [-0.15, -0.1) is 0 Å². The number of hydrogen-bond donors (Lipinski definition) is 3. The van der Waals surface area contributed by atoms with Gasteiger partial charge in [0.05, 0.1) is 19.0 Å². The molecule has 2 aromatic rings. The van der Waals surface area contributed by atoms with Crippen LogP contribution in [0.4, 0.5) is 5.82 Å². The van der Waals surface area contributed by atoms with Crippen molar-refractivity contribution in [2.45, 2.75) is 44.5 Å². The number of aliphatic hydroxyl groups is 2. The van der Waals surface area contributed by atoms with Gasteiger partial charge in [-0.25, -0.2) is 15.0 Å². The number of aromatic nitrogens is 4. The first kappa shape index (κ1) is 24.6. The molecule has 0 unspecified atom stereocenters. The van der Waals surface area contributed by atoms with Crippen LogP contribution in [0.5, 0.6) is 0 Å². The molecule has 2 saturated heterocycles. The van der Waals surface area contributed by atoms with Crippen LogP contribution in [0.2, 0.25) is 0 Å². The minimum absolute atomic E-state index is 0.0319. The zero-order chi connectivity index (χ0) is 24.2. The van der Waals surface area contributed by atoms with Crippen LogP contribution >= 0.6 is 0 Å². The number of anilines is 1. The van der Waals surface area contributed by atoms with Crippen LogP contribution in [-0.2, 0) is 14.3 Å². The number of nitrogens with one attached hydrogen (secondary N) is 1. The number of ether oxygens (including phenoxy) is 2. The maximum Gasteiger partial charge on any atom is 0.249 e. The lowest BCUT2D eigenvalue weighted by molar-refractivity contribution is -0.111. The average molecular weight is 476 g/mol. The normalized spacial score (nSPS) is 26.8. The SMILES string of the molecule is CC(C)OC[C@H]1O[C@@H](n2cnc3c(NC(=O)/C=C/CN4CCN(C)CC4)ncnc32)[C@H](O)[C@@H]1O. The van der Waals surface area contributed by atoms with Crippen molar-refractivity contribution in [1.82, 2.24) is 29.3 Å². The minimum Gasteiger partial charge on any atom is -0.387 e. The van der Waals surface area contributed by atoms with Crippen LogP contribution in [-0.4, -0.2) is 116 Å². The van der Waals surface area contributed by atoms with Gasteiger partial charge in [0, 0.05) is 38.8 Å². The average Bonchev–Trinajstić information content (AvgIpc) is 3.35. The van der Waals surface area contributed by atoms with E-state index >= 15 is 0 Å². The maximum absolute atomic E-state index is 12.4. The summed E-state index contributed by atoms with van der Waals surface area (Å²) in [6.45, 7) is 8.60. The molecule has 34 heavy (non-hydrogen) atoms. The predicted molar refractivity (Wildman–Crippen MR) is 124 cm³/mol. The number of hydrogen-bond acceptors (Lipinski definition) is 10. The zero-order valence-corrected chi connectivity index (χ0v) is 19.7. The molecule has 12 nitrogen and oxygen atoms in total. The van der Waals surface area contributed by atoms with Crippen molar-refractivity contribution in [3.8, 4) is 0 Å². The highest BCUT2D eigenvalue weighted by molar-refractivity contribution is 6.02. The fourth-order valence-corrected chi connectivity index (χ4v) is 4.01. The topological polar surface area (TPSA) is 138 Å². The van der Waals surface area contributed by atoms with Gasteiger partial charge in [0.2, 0.25) is 5.91 Å². The van der Waals surface area contributed by atoms with Gasteiger partial charge < -0.3 is 29.9 Å². The summed E-state index contributed by atoms with van der Waals surface area (Å²) in [5.74, 6) is -0.0622. The molecule has 4 rings (SSSR count). The number of amides is 1. The van der Waals surface area contributed by atoms with E-state index < -0.39 is 24.5 Å². The van der Waals surface area contributed by atoms with Crippen molar-refractivity contribution in [3.05, 3.63) is 24.8 Å². The van der Waals surface area contributed by atoms with Crippen LogP contribution in [0.3, 0.4) is 0 Å². The van der Waals surface area contributed by atoms with Crippen LogP contribution < -0.4 is 5.32 Å². The van der Waals surface area contributed by atoms with Gasteiger partial charge >= 0.3 is 0 Å². The molecule has 2 aliphatic heterocycles. The van der Waals surface area contributed by atoms with E-state index in [9.17, 15) is 15.0 Å². The van der Waals surface area contributed by atoms with E-state index in [0.29, 0.717) is 17.7 Å². The number of fused-ring (bicyclic) bond motifs is 1. The summed E-state index contributed by atoms with van der Waals surface area (Å²) in [4.78, 5) is 29.7. The Labute approximate surface area is 198 Å². The molecular weight excluding hydrogens is 442 g/mol. The molecule has 3 N–H and O–H groups in total. The van der Waals surface area contributed by atoms with E-state index in [1.807, 2.05) is 19.9 Å². The van der Waals surface area contributed by atoms with E-state index in [-0.39, 0.29) is 24.4 Å². The number of carbonyl (C=O) groups is 1. The third-order valence-electron chi connectivity index (χ3n) is 6.03. The molecule has 186 valence electrons. The van der Waals surface area contributed by atoms with Crippen LogP contribution in [0.15, 0.2) is 24.8 Å². The highest BCUT2D eigenvalue weighted by Crippen LogP contribution is 2.32. The Bertz CT molecular complexity index is 1000. The number of carbonyl (C=O) groups excluding carboxylic acids is 1. The molecule has 0 radical (unpaired) electrons. The van der Waals surface area contributed by atoms with E-state index in [1.165, 1.54) is 23.3 Å². The molecule has 0 spiro atoms. The molecule has 2 aromatic heterocycles. The maximum atomic E-state index is 12.4. The number of aliphatic hydroxyl groups excluding tert-OH is 2. The van der Waals surface area contributed by atoms with Gasteiger partial charge in [-0.2, -0.15) is 0 Å². The minimum atomic E-state index is -1.19. The van der Waals surface area contributed by atoms with Gasteiger partial charge in [-0.1, -0.05) is 6.08 Å². The van der Waals surface area contributed by atoms with Crippen LogP contribution in [0, 0.1) is 0 Å². The van der Waals surface area contributed by atoms with Gasteiger partial charge in [-0.3, -0.25) is 14.3 Å². The first-order valence-corrected chi connectivity index (χ1v) is 11.5. The summed E-state index contributed by atoms with van der Waals surface area (Å²) in [6.07, 6.45) is 2.15. The van der Waals surface area contributed by atoms with Gasteiger partial charge in [0.25, 0.3) is 0 Å². The number of likely N-dealkylation sites (N-methyl/N-ethyl adjacent to an activating group) is 1. The highest BCUT2D eigenvalue weighted by atomic mass is 16.6. The van der Waals surface area contributed by atoms with Crippen molar-refractivity contribution in [1.29, 1.82) is 0 Å². The Hall–Kier alpha value is -2.48. The molecule has 2 aliphatic rings. The lowest BCUT2D eigenvalue weighted by Gasteiger charge is -2.31. The highest BCUT2D eigenvalue weighted by Gasteiger charge is 2.44. The summed E-state index contributed by atoms with van der Waals surface area (Å²) in [7, 11) is 2.10. The Balaban J connectivity index is 1.41. The molecule has 0 bridgehead atoms. The summed E-state index contributed by atoms with van der Waals surface area (Å²) in [5, 5.41) is 23.7. The zero-order valence-electron chi connectivity index (χ0n) is 19.7. The smallest absolute Gasteiger partial charge is 0.249 e. The standard InChI is InChI=1S/C22H33N7O5/c1-14(2)33-11-15-18(31)19(32)22(34-15)29-13-25-17-20(23-12-24-21(17)29)26-16(30)5-4-6-28-9-7-27(3)8-10-28/h4-5,12-15,18-19,22,31-32H,6-11H2,1-3H3,(H,23,24,26,30)/b5-4+/t15-,18-,19-,22-/m1/s1. The van der Waals surface area contributed by atoms with Crippen molar-refractivity contribution >= 4 is 22.9 Å². The van der Waals surface area contributed by atoms with Gasteiger partial charge in [0.15, 0.2) is 23.2 Å². The Kier molecular flexibility index (Phi) is 7.86. The first-order chi connectivity index (χ1) is 16.3. The summed E-state index contributed by atoms with van der Waals surface area (Å²) < 4.78 is 12.9. The molecule has 12 heteroatoms. The largest absolute Gasteiger partial charge is 0.387 e. The van der Waals surface area contributed by atoms with E-state index in [4.69, 9.17) is 9.47 Å². The third kappa shape index (κ3) is 5.59. The van der Waals surface area contributed by atoms with Crippen LogP contribution in [0.1, 0.15) is 20.1 Å². The Morgan fingerprint density at radius 1 is 1.24 bits per heavy atom. The lowest BCUT2D eigenvalue weighted by Crippen LogP contribution is -2.44. The van der Waals surface area contributed by atoms with Crippen molar-refractivity contribution in [2.24, 2.45) is 0 Å². The monoisotopic (exact) mass is 475 g/mol. The molecule has 0 aliphatic carbocycles. The van der Waals surface area contributed by atoms with Crippen LogP contribution in [0.25, 0.3) is 11.2 Å². The number of piperazine rings is 1. The second kappa shape index (κ2) is 10.8. The van der Waals surface area contributed by atoms with Gasteiger partial charge in [0.1, 0.15) is 24.6 Å². The fraction of sp³-hybridized carbons (Fsp3) is 0.636. The van der Waals surface area contributed by atoms with E-state index in [2.05, 4.69) is 37.1 Å². The molecule has 4 atom stereocenters. The van der Waals surface area contributed by atoms with Gasteiger partial charge in [-0.05, 0) is 20.9 Å². The number of imidazole rings is 1. The van der Waals surface area contributed by atoms with Crippen molar-refractivity contribution in [2.75, 3.05) is 51.7 Å². The molecule has 1 amide bonds. The second-order valence-corrected chi connectivity index (χ2v) is 8.97. The van der Waals surface area contributed by atoms with Crippen molar-refractivity contribution < 1.29 is 24.5 Å². The second-order valence-electron chi connectivity index (χ2n) is 8.97. The molecular formula is C22H33N7O5. The molecule has 0 saturated carbocycles. The Morgan fingerprint density at radius 3 is 2.74 bits per heavy atom. The molecule has 0 aromatic carbocycles. The fourth-order valence-electron chi connectivity index (χ4n) is 4.01. The quantitative estimate of drug-likeness (QED) is 0.433. The predicted octanol–water partition coefficient (Wildman–Crippen LogP) is -0.387. The van der Waals surface area contributed by atoms with Crippen molar-refractivity contribution in [3.63, 3.8) is 0 Å². The lowest BCUT2D eigenvalue weighted by atomic mass is 10.1. The summed E-state index contributed by atoms with van der Waals surface area (Å²) in [5.41, 5.74) is 0.726. The van der Waals surface area contributed by atoms with E-state index in [1.54, 1.807) is 0 Å². The third-order valence-corrected chi connectivity index (χ3v) is 6.03. The van der Waals surface area contributed by atoms with E-state index in [0.717, 1.165) is 26.2 Å². The summed E-state index contributed by atoms with van der Waals surface area (Å²) in [6, 6.07) is 0. The molecule has 2 fully saturated rings. The number of rotatable bonds is 8. The summed E-state index contributed by atoms with van der Waals surface area (Å²) >= 11 is 0. The number of nitrogens with zero attached hydrogens (tertiary/aromatic N) is 6. The Morgan fingerprint density at radius 2 is 2.00 bits per heavy atom. The first-order valence-electron chi connectivity index (χ1n) is 11.5. The molecule has 4 heterocycles.